The Balaban J connectivity index is 1.62. The number of ether oxygens (including phenoxy) is 1. The Bertz CT molecular complexity index is 1130. The van der Waals surface area contributed by atoms with E-state index < -0.39 is 0 Å². The SMILES string of the molecule is COCCn1cc(-c2cnc(N(C)C)c(N(N)Cc3ccc4nccn4c3)n2)cn1. The van der Waals surface area contributed by atoms with Crippen LogP contribution < -0.4 is 15.8 Å². The first-order valence-corrected chi connectivity index (χ1v) is 9.55. The number of hydrogen-bond donors (Lipinski definition) is 1. The summed E-state index contributed by atoms with van der Waals surface area (Å²) in [5.74, 6) is 7.73. The predicted octanol–water partition coefficient (Wildman–Crippen LogP) is 1.58. The zero-order chi connectivity index (χ0) is 21.1. The van der Waals surface area contributed by atoms with Gasteiger partial charge in [0.1, 0.15) is 5.65 Å². The average Bonchev–Trinajstić information content (AvgIpc) is 3.40. The van der Waals surface area contributed by atoms with Crippen LogP contribution in [-0.2, 0) is 17.8 Å². The van der Waals surface area contributed by atoms with E-state index in [0.717, 1.165) is 16.8 Å². The molecule has 0 fully saturated rings. The van der Waals surface area contributed by atoms with E-state index in [-0.39, 0.29) is 0 Å². The number of imidazole rings is 1. The lowest BCUT2D eigenvalue weighted by Crippen LogP contribution is -2.33. The van der Waals surface area contributed by atoms with Crippen molar-refractivity contribution in [2.24, 2.45) is 5.84 Å². The van der Waals surface area contributed by atoms with Gasteiger partial charge in [-0.25, -0.2) is 20.8 Å². The molecule has 0 atom stereocenters. The molecule has 4 rings (SSSR count). The van der Waals surface area contributed by atoms with Gasteiger partial charge < -0.3 is 14.0 Å². The fourth-order valence-electron chi connectivity index (χ4n) is 3.15. The first-order chi connectivity index (χ1) is 14.5. The molecule has 2 N–H and O–H groups in total. The fraction of sp³-hybridized carbons (Fsp3) is 0.300. The molecule has 0 aromatic carbocycles. The normalized spacial score (nSPS) is 11.2. The molecule has 0 radical (unpaired) electrons. The highest BCUT2D eigenvalue weighted by molar-refractivity contribution is 5.67. The molecule has 0 unspecified atom stereocenters. The Kier molecular flexibility index (Phi) is 5.59. The van der Waals surface area contributed by atoms with Crippen LogP contribution in [0.1, 0.15) is 5.56 Å². The van der Waals surface area contributed by atoms with Crippen LogP contribution in [0.2, 0.25) is 0 Å². The maximum absolute atomic E-state index is 6.44. The van der Waals surface area contributed by atoms with Gasteiger partial charge in [0.15, 0.2) is 11.6 Å². The van der Waals surface area contributed by atoms with Gasteiger partial charge in [0.2, 0.25) is 0 Å². The summed E-state index contributed by atoms with van der Waals surface area (Å²) in [7, 11) is 5.51. The summed E-state index contributed by atoms with van der Waals surface area (Å²) in [5, 5.41) is 5.97. The molecule has 4 heterocycles. The van der Waals surface area contributed by atoms with Crippen LogP contribution in [0.5, 0.6) is 0 Å². The van der Waals surface area contributed by atoms with Crippen molar-refractivity contribution in [3.05, 3.63) is 54.9 Å². The first-order valence-electron chi connectivity index (χ1n) is 9.55. The maximum Gasteiger partial charge on any atom is 0.187 e. The molecule has 0 saturated heterocycles. The molecule has 4 aromatic rings. The fourth-order valence-corrected chi connectivity index (χ4v) is 3.15. The summed E-state index contributed by atoms with van der Waals surface area (Å²) in [4.78, 5) is 15.6. The predicted molar refractivity (Wildman–Crippen MR) is 115 cm³/mol. The van der Waals surface area contributed by atoms with Crippen LogP contribution in [0.3, 0.4) is 0 Å². The van der Waals surface area contributed by atoms with Gasteiger partial charge in [-0.15, -0.1) is 0 Å². The van der Waals surface area contributed by atoms with Gasteiger partial charge in [-0.3, -0.25) is 9.69 Å². The molecule has 10 nitrogen and oxygen atoms in total. The van der Waals surface area contributed by atoms with E-state index in [9.17, 15) is 0 Å². The number of hydrazine groups is 1. The molecule has 0 amide bonds. The number of methoxy groups -OCH3 is 1. The first kappa shape index (κ1) is 19.8. The number of hydrogen-bond acceptors (Lipinski definition) is 8. The molecule has 0 saturated carbocycles. The number of fused-ring (bicyclic) bond motifs is 1. The Hall–Kier alpha value is -3.50. The maximum atomic E-state index is 6.44. The van der Waals surface area contributed by atoms with Crippen molar-refractivity contribution in [1.29, 1.82) is 0 Å². The van der Waals surface area contributed by atoms with Crippen LogP contribution in [0, 0.1) is 0 Å². The second-order valence-corrected chi connectivity index (χ2v) is 7.14. The summed E-state index contributed by atoms with van der Waals surface area (Å²) in [6.07, 6.45) is 11.1. The topological polar surface area (TPSA) is 103 Å². The smallest absolute Gasteiger partial charge is 0.187 e. The standard InChI is InChI=1S/C20H25N9O/c1-26(2)19-20(29(21)13-15-4-5-18-22-6-7-27(18)12-15)25-17(11-23-19)16-10-24-28(14-16)8-9-30-3/h4-7,10-12,14H,8-9,13,21H2,1-3H3. The molecule has 4 aromatic heterocycles. The highest BCUT2D eigenvalue weighted by Gasteiger charge is 2.17. The van der Waals surface area contributed by atoms with Crippen molar-refractivity contribution >= 4 is 17.3 Å². The van der Waals surface area contributed by atoms with Gasteiger partial charge >= 0.3 is 0 Å². The number of nitrogens with two attached hydrogens (primary N) is 1. The quantitative estimate of drug-likeness (QED) is 0.347. The molecule has 30 heavy (non-hydrogen) atoms. The van der Waals surface area contributed by atoms with Crippen molar-refractivity contribution in [3.63, 3.8) is 0 Å². The number of rotatable bonds is 8. The molecule has 0 bridgehead atoms. The minimum Gasteiger partial charge on any atom is -0.383 e. The van der Waals surface area contributed by atoms with Gasteiger partial charge in [0.05, 0.1) is 37.8 Å². The van der Waals surface area contributed by atoms with E-state index in [0.29, 0.717) is 37.0 Å². The minimum absolute atomic E-state index is 0.472. The lowest BCUT2D eigenvalue weighted by molar-refractivity contribution is 0.183. The highest BCUT2D eigenvalue weighted by atomic mass is 16.5. The number of anilines is 2. The van der Waals surface area contributed by atoms with Gasteiger partial charge in [-0.1, -0.05) is 6.07 Å². The van der Waals surface area contributed by atoms with Crippen molar-refractivity contribution in [2.45, 2.75) is 13.1 Å². The van der Waals surface area contributed by atoms with E-state index in [2.05, 4.69) is 15.1 Å². The lowest BCUT2D eigenvalue weighted by Gasteiger charge is -2.23. The van der Waals surface area contributed by atoms with Crippen molar-refractivity contribution in [3.8, 4) is 11.3 Å². The van der Waals surface area contributed by atoms with Gasteiger partial charge in [-0.05, 0) is 11.6 Å². The van der Waals surface area contributed by atoms with E-state index in [4.69, 9.17) is 15.6 Å². The molecule has 0 aliphatic heterocycles. The number of nitrogens with zero attached hydrogens (tertiary/aromatic N) is 8. The zero-order valence-electron chi connectivity index (χ0n) is 17.3. The Morgan fingerprint density at radius 1 is 1.10 bits per heavy atom. The lowest BCUT2D eigenvalue weighted by atomic mass is 10.2. The summed E-state index contributed by atoms with van der Waals surface area (Å²) >= 11 is 0. The van der Waals surface area contributed by atoms with E-state index in [1.165, 1.54) is 0 Å². The van der Waals surface area contributed by atoms with Crippen molar-refractivity contribution in [2.75, 3.05) is 37.7 Å². The molecule has 0 spiro atoms. The van der Waals surface area contributed by atoms with Crippen LogP contribution in [-0.4, -0.2) is 56.9 Å². The second kappa shape index (κ2) is 8.47. The average molecular weight is 407 g/mol. The van der Waals surface area contributed by atoms with Gasteiger partial charge in [-0.2, -0.15) is 5.10 Å². The van der Waals surface area contributed by atoms with Crippen LogP contribution in [0.25, 0.3) is 16.9 Å². The highest BCUT2D eigenvalue weighted by Crippen LogP contribution is 2.27. The third-order valence-electron chi connectivity index (χ3n) is 4.69. The van der Waals surface area contributed by atoms with Crippen molar-refractivity contribution in [1.82, 2.24) is 29.1 Å². The van der Waals surface area contributed by atoms with Crippen LogP contribution in [0.15, 0.2) is 49.3 Å². The second-order valence-electron chi connectivity index (χ2n) is 7.14. The number of pyridine rings is 1. The Morgan fingerprint density at radius 2 is 1.97 bits per heavy atom. The molecule has 0 aliphatic carbocycles. The molecular formula is C20H25N9O. The van der Waals surface area contributed by atoms with Crippen LogP contribution >= 0.6 is 0 Å². The Labute approximate surface area is 174 Å². The number of aromatic nitrogens is 6. The van der Waals surface area contributed by atoms with E-state index >= 15 is 0 Å². The third kappa shape index (κ3) is 4.09. The monoisotopic (exact) mass is 407 g/mol. The van der Waals surface area contributed by atoms with Crippen molar-refractivity contribution < 1.29 is 4.74 Å². The Morgan fingerprint density at radius 3 is 2.77 bits per heavy atom. The van der Waals surface area contributed by atoms with E-state index in [1.54, 1.807) is 30.7 Å². The molecule has 0 aliphatic rings. The summed E-state index contributed by atoms with van der Waals surface area (Å²) in [6, 6.07) is 3.97. The van der Waals surface area contributed by atoms with Crippen LogP contribution in [0.4, 0.5) is 11.6 Å². The summed E-state index contributed by atoms with van der Waals surface area (Å²) in [5.41, 5.74) is 3.51. The largest absolute Gasteiger partial charge is 0.383 e. The van der Waals surface area contributed by atoms with E-state index in [1.807, 2.05) is 58.8 Å². The van der Waals surface area contributed by atoms with Gasteiger partial charge in [0.25, 0.3) is 0 Å². The molecular weight excluding hydrogens is 382 g/mol. The van der Waals surface area contributed by atoms with Gasteiger partial charge in [0, 0.05) is 51.6 Å². The third-order valence-corrected chi connectivity index (χ3v) is 4.69. The molecule has 156 valence electrons. The summed E-state index contributed by atoms with van der Waals surface area (Å²) < 4.78 is 8.89. The summed E-state index contributed by atoms with van der Waals surface area (Å²) in [6.45, 7) is 1.74. The zero-order valence-corrected chi connectivity index (χ0v) is 17.3. The molecule has 10 heteroatoms. The minimum atomic E-state index is 0.472.